The van der Waals surface area contributed by atoms with Crippen LogP contribution in [0.15, 0.2) is 30.5 Å². The average molecular weight is 276 g/mol. The minimum atomic E-state index is 0.169. The molecule has 1 aromatic carbocycles. The van der Waals surface area contributed by atoms with Crippen LogP contribution in [0.2, 0.25) is 5.28 Å². The molecule has 0 amide bonds. The predicted octanol–water partition coefficient (Wildman–Crippen LogP) is 2.26. The quantitative estimate of drug-likeness (QED) is 0.686. The lowest BCUT2D eigenvalue weighted by Crippen LogP contribution is -1.99. The van der Waals surface area contributed by atoms with Crippen LogP contribution in [0, 0.1) is 0 Å². The third-order valence-electron chi connectivity index (χ3n) is 2.56. The maximum Gasteiger partial charge on any atom is 0.224 e. The molecule has 0 radical (unpaired) electrons. The van der Waals surface area contributed by atoms with Crippen LogP contribution in [-0.2, 0) is 0 Å². The topological polar surface area (TPSA) is 65.7 Å². The molecule has 0 atom stereocenters. The van der Waals surface area contributed by atoms with Gasteiger partial charge in [0.1, 0.15) is 5.75 Å². The third-order valence-corrected chi connectivity index (χ3v) is 2.74. The zero-order chi connectivity index (χ0) is 13.2. The number of hydrogen-bond donors (Lipinski definition) is 0. The van der Waals surface area contributed by atoms with Crippen molar-refractivity contribution in [2.45, 2.75) is 6.92 Å². The van der Waals surface area contributed by atoms with Crippen LogP contribution in [0.4, 0.5) is 0 Å². The van der Waals surface area contributed by atoms with Crippen LogP contribution in [0.5, 0.6) is 5.75 Å². The molecule has 0 fully saturated rings. The first kappa shape index (κ1) is 11.9. The fraction of sp³-hybridized carbons (Fsp3) is 0.167. The second-order valence-electron chi connectivity index (χ2n) is 3.78. The van der Waals surface area contributed by atoms with E-state index in [-0.39, 0.29) is 5.28 Å². The fourth-order valence-electron chi connectivity index (χ4n) is 1.73. The number of hydrogen-bond acceptors (Lipinski definition) is 5. The first-order valence-corrected chi connectivity index (χ1v) is 6.13. The highest BCUT2D eigenvalue weighted by molar-refractivity contribution is 6.28. The van der Waals surface area contributed by atoms with Crippen molar-refractivity contribution in [2.75, 3.05) is 6.61 Å². The summed E-state index contributed by atoms with van der Waals surface area (Å²) >= 11 is 5.79. The number of ether oxygens (including phenoxy) is 1. The van der Waals surface area contributed by atoms with E-state index in [0.29, 0.717) is 17.8 Å². The maximum atomic E-state index is 5.79. The standard InChI is InChI=1S/C12H10ClN5O/c1-2-19-9-5-3-8(4-6-9)18-11-10(16-17-18)7-14-12(13)15-11/h3-7H,2H2,1H3. The second-order valence-corrected chi connectivity index (χ2v) is 4.11. The molecule has 0 saturated heterocycles. The summed E-state index contributed by atoms with van der Waals surface area (Å²) in [6.07, 6.45) is 1.54. The molecule has 0 aliphatic heterocycles. The van der Waals surface area contributed by atoms with Crippen LogP contribution < -0.4 is 4.74 Å². The van der Waals surface area contributed by atoms with E-state index in [2.05, 4.69) is 20.3 Å². The number of halogens is 1. The van der Waals surface area contributed by atoms with Gasteiger partial charge in [0, 0.05) is 0 Å². The predicted molar refractivity (Wildman–Crippen MR) is 70.6 cm³/mol. The van der Waals surface area contributed by atoms with Gasteiger partial charge in [-0.3, -0.25) is 0 Å². The first-order valence-electron chi connectivity index (χ1n) is 5.75. The molecule has 0 spiro atoms. The Balaban J connectivity index is 2.06. The Labute approximate surface area is 114 Å². The summed E-state index contributed by atoms with van der Waals surface area (Å²) in [7, 11) is 0. The molecule has 96 valence electrons. The number of benzene rings is 1. The molecule has 6 nitrogen and oxygen atoms in total. The lowest BCUT2D eigenvalue weighted by molar-refractivity contribution is 0.340. The van der Waals surface area contributed by atoms with E-state index in [0.717, 1.165) is 11.4 Å². The van der Waals surface area contributed by atoms with Crippen molar-refractivity contribution in [2.24, 2.45) is 0 Å². The Kier molecular flexibility index (Phi) is 3.00. The van der Waals surface area contributed by atoms with E-state index in [9.17, 15) is 0 Å². The van der Waals surface area contributed by atoms with Crippen molar-refractivity contribution in [3.63, 3.8) is 0 Å². The van der Waals surface area contributed by atoms with Crippen molar-refractivity contribution < 1.29 is 4.74 Å². The fourth-order valence-corrected chi connectivity index (χ4v) is 1.86. The summed E-state index contributed by atoms with van der Waals surface area (Å²) in [6, 6.07) is 7.51. The summed E-state index contributed by atoms with van der Waals surface area (Å²) in [4.78, 5) is 8.00. The van der Waals surface area contributed by atoms with Crippen LogP contribution in [-0.4, -0.2) is 31.6 Å². The van der Waals surface area contributed by atoms with E-state index in [1.54, 1.807) is 10.9 Å². The van der Waals surface area contributed by atoms with Gasteiger partial charge in [-0.1, -0.05) is 5.21 Å². The smallest absolute Gasteiger partial charge is 0.224 e. The highest BCUT2D eigenvalue weighted by atomic mass is 35.5. The SMILES string of the molecule is CCOc1ccc(-n2nnc3cnc(Cl)nc32)cc1. The molecule has 2 heterocycles. The van der Waals surface area contributed by atoms with E-state index >= 15 is 0 Å². The molecule has 3 aromatic rings. The summed E-state index contributed by atoms with van der Waals surface area (Å²) in [5, 5.41) is 8.21. The minimum Gasteiger partial charge on any atom is -0.494 e. The van der Waals surface area contributed by atoms with Gasteiger partial charge in [0.15, 0.2) is 11.2 Å². The molecule has 0 aliphatic rings. The van der Waals surface area contributed by atoms with Crippen LogP contribution >= 0.6 is 11.6 Å². The van der Waals surface area contributed by atoms with Crippen LogP contribution in [0.1, 0.15) is 6.92 Å². The summed E-state index contributed by atoms with van der Waals surface area (Å²) in [6.45, 7) is 2.58. The van der Waals surface area contributed by atoms with Gasteiger partial charge in [-0.05, 0) is 42.8 Å². The lowest BCUT2D eigenvalue weighted by atomic mass is 10.3. The summed E-state index contributed by atoms with van der Waals surface area (Å²) in [5.74, 6) is 0.809. The van der Waals surface area contributed by atoms with Gasteiger partial charge >= 0.3 is 0 Å². The number of rotatable bonds is 3. The zero-order valence-electron chi connectivity index (χ0n) is 10.1. The van der Waals surface area contributed by atoms with Gasteiger partial charge in [-0.15, -0.1) is 5.10 Å². The maximum absolute atomic E-state index is 5.79. The Bertz CT molecular complexity index is 710. The summed E-state index contributed by atoms with van der Waals surface area (Å²) < 4.78 is 7.00. The normalized spacial score (nSPS) is 10.8. The highest BCUT2D eigenvalue weighted by Gasteiger charge is 2.09. The largest absolute Gasteiger partial charge is 0.494 e. The molecular formula is C12H10ClN5O. The highest BCUT2D eigenvalue weighted by Crippen LogP contribution is 2.18. The van der Waals surface area contributed by atoms with Crippen molar-refractivity contribution in [1.82, 2.24) is 25.0 Å². The lowest BCUT2D eigenvalue weighted by Gasteiger charge is -2.04. The van der Waals surface area contributed by atoms with Crippen LogP contribution in [0.3, 0.4) is 0 Å². The summed E-state index contributed by atoms with van der Waals surface area (Å²) in [5.41, 5.74) is 2.00. The Morgan fingerprint density at radius 2 is 2.05 bits per heavy atom. The molecule has 0 saturated carbocycles. The van der Waals surface area contributed by atoms with Crippen molar-refractivity contribution in [1.29, 1.82) is 0 Å². The number of fused-ring (bicyclic) bond motifs is 1. The first-order chi connectivity index (χ1) is 9.28. The molecule has 0 N–H and O–H groups in total. The van der Waals surface area contributed by atoms with E-state index < -0.39 is 0 Å². The van der Waals surface area contributed by atoms with E-state index in [4.69, 9.17) is 16.3 Å². The van der Waals surface area contributed by atoms with Gasteiger partial charge in [0.2, 0.25) is 5.28 Å². The van der Waals surface area contributed by atoms with Gasteiger partial charge in [-0.25, -0.2) is 4.98 Å². The number of nitrogens with zero attached hydrogens (tertiary/aromatic N) is 5. The van der Waals surface area contributed by atoms with Gasteiger partial charge < -0.3 is 4.74 Å². The van der Waals surface area contributed by atoms with Crippen molar-refractivity contribution in [3.8, 4) is 11.4 Å². The third kappa shape index (κ3) is 2.22. The Hall–Kier alpha value is -2.21. The molecule has 3 rings (SSSR count). The van der Waals surface area contributed by atoms with Crippen molar-refractivity contribution in [3.05, 3.63) is 35.7 Å². The molecule has 2 aromatic heterocycles. The monoisotopic (exact) mass is 275 g/mol. The molecule has 0 aliphatic carbocycles. The van der Waals surface area contributed by atoms with Gasteiger partial charge in [0.05, 0.1) is 18.5 Å². The molecule has 0 unspecified atom stereocenters. The number of aromatic nitrogens is 5. The van der Waals surface area contributed by atoms with Crippen LogP contribution in [0.25, 0.3) is 16.9 Å². The molecule has 19 heavy (non-hydrogen) atoms. The molecule has 7 heteroatoms. The van der Waals surface area contributed by atoms with Crippen molar-refractivity contribution >= 4 is 22.8 Å². The van der Waals surface area contributed by atoms with E-state index in [1.807, 2.05) is 31.2 Å². The Morgan fingerprint density at radius 1 is 1.26 bits per heavy atom. The second kappa shape index (κ2) is 4.81. The zero-order valence-corrected chi connectivity index (χ0v) is 10.9. The van der Waals surface area contributed by atoms with E-state index in [1.165, 1.54) is 0 Å². The molecule has 0 bridgehead atoms. The average Bonchev–Trinajstić information content (AvgIpc) is 2.83. The van der Waals surface area contributed by atoms with Gasteiger partial charge in [0.25, 0.3) is 0 Å². The minimum absolute atomic E-state index is 0.169. The molecular weight excluding hydrogens is 266 g/mol. The van der Waals surface area contributed by atoms with Gasteiger partial charge in [-0.2, -0.15) is 9.67 Å². The Morgan fingerprint density at radius 3 is 2.79 bits per heavy atom.